The first-order valence-electron chi connectivity index (χ1n) is 3.47. The molecule has 70 valence electrons. The monoisotopic (exact) mass is 177 g/mol. The van der Waals surface area contributed by atoms with E-state index in [0.29, 0.717) is 0 Å². The topological polar surface area (TPSA) is 89.7 Å². The Bertz CT molecular complexity index is 179. The average Bonchev–Trinajstić information content (AvgIpc) is 1.83. The molecule has 0 aliphatic carbocycles. The number of hydrogen-bond donors (Lipinski definition) is 1. The third kappa shape index (κ3) is 4.48. The minimum absolute atomic E-state index is 0.0473. The molecule has 1 N–H and O–H groups in total. The molecule has 6 heteroatoms. The van der Waals surface area contributed by atoms with E-state index in [2.05, 4.69) is 4.84 Å². The van der Waals surface area contributed by atoms with Crippen molar-refractivity contribution in [1.29, 1.82) is 0 Å². The minimum Gasteiger partial charge on any atom is -0.480 e. The van der Waals surface area contributed by atoms with E-state index in [1.54, 1.807) is 13.8 Å². The zero-order valence-electron chi connectivity index (χ0n) is 6.89. The average molecular weight is 177 g/mol. The van der Waals surface area contributed by atoms with Crippen LogP contribution in [0.15, 0.2) is 0 Å². The van der Waals surface area contributed by atoms with Crippen molar-refractivity contribution in [3.63, 3.8) is 0 Å². The molecule has 0 aliphatic rings. The number of rotatable bonds is 5. The molecule has 0 radical (unpaired) electrons. The second-order valence-electron chi connectivity index (χ2n) is 2.79. The Hall–Kier alpha value is -1.33. The van der Waals surface area contributed by atoms with E-state index in [1.165, 1.54) is 0 Å². The second kappa shape index (κ2) is 4.53. The molecule has 0 heterocycles. The van der Waals surface area contributed by atoms with Gasteiger partial charge in [-0.05, 0) is 12.3 Å². The number of carboxylic acid groups (broad SMARTS) is 1. The third-order valence-electron chi connectivity index (χ3n) is 1.17. The fourth-order valence-corrected chi connectivity index (χ4v) is 0.721. The lowest BCUT2D eigenvalue weighted by Crippen LogP contribution is -2.27. The first kappa shape index (κ1) is 10.7. The van der Waals surface area contributed by atoms with Crippen molar-refractivity contribution < 1.29 is 19.8 Å². The van der Waals surface area contributed by atoms with Gasteiger partial charge < -0.3 is 5.11 Å². The van der Waals surface area contributed by atoms with Crippen molar-refractivity contribution in [3.8, 4) is 0 Å². The molecular formula is C6H11NO5. The van der Waals surface area contributed by atoms with Crippen LogP contribution in [0.3, 0.4) is 0 Å². The van der Waals surface area contributed by atoms with Gasteiger partial charge in [-0.15, -0.1) is 10.1 Å². The van der Waals surface area contributed by atoms with Crippen molar-refractivity contribution in [2.75, 3.05) is 0 Å². The Kier molecular flexibility index (Phi) is 4.03. The summed E-state index contributed by atoms with van der Waals surface area (Å²) >= 11 is 0. The van der Waals surface area contributed by atoms with Crippen LogP contribution in [0.2, 0.25) is 0 Å². The summed E-state index contributed by atoms with van der Waals surface area (Å²) < 4.78 is 0. The molecule has 0 aromatic rings. The number of aliphatic carboxylic acids is 1. The van der Waals surface area contributed by atoms with Crippen LogP contribution in [0.4, 0.5) is 0 Å². The molecule has 6 nitrogen and oxygen atoms in total. The molecule has 0 aromatic heterocycles. The van der Waals surface area contributed by atoms with Crippen molar-refractivity contribution >= 4 is 5.97 Å². The van der Waals surface area contributed by atoms with Gasteiger partial charge in [0, 0.05) is 0 Å². The first-order chi connectivity index (χ1) is 5.43. The van der Waals surface area contributed by atoms with Gasteiger partial charge >= 0.3 is 5.97 Å². The van der Waals surface area contributed by atoms with Crippen molar-refractivity contribution in [2.45, 2.75) is 26.4 Å². The highest BCUT2D eigenvalue weighted by molar-refractivity contribution is 5.72. The smallest absolute Gasteiger partial charge is 0.332 e. The molecule has 1 unspecified atom stereocenters. The van der Waals surface area contributed by atoms with Crippen LogP contribution < -0.4 is 0 Å². The van der Waals surface area contributed by atoms with Crippen molar-refractivity contribution in [3.05, 3.63) is 10.1 Å². The van der Waals surface area contributed by atoms with Gasteiger partial charge in [-0.25, -0.2) is 4.79 Å². The molecule has 0 rings (SSSR count). The highest BCUT2D eigenvalue weighted by atomic mass is 17.0. The summed E-state index contributed by atoms with van der Waals surface area (Å²) in [4.78, 5) is 24.1. The highest BCUT2D eigenvalue weighted by Crippen LogP contribution is 2.08. The summed E-state index contributed by atoms with van der Waals surface area (Å²) in [6, 6.07) is 0. The SMILES string of the molecule is CC(C)CC(O[N+](=O)[O-])C(=O)O. The molecule has 0 saturated heterocycles. The lowest BCUT2D eigenvalue weighted by Gasteiger charge is -2.11. The third-order valence-corrected chi connectivity index (χ3v) is 1.17. The van der Waals surface area contributed by atoms with E-state index in [0.717, 1.165) is 0 Å². The fraction of sp³-hybridized carbons (Fsp3) is 0.833. The van der Waals surface area contributed by atoms with Gasteiger partial charge in [-0.3, -0.25) is 4.84 Å². The summed E-state index contributed by atoms with van der Waals surface area (Å²) in [5.74, 6) is -1.26. The predicted molar refractivity (Wildman–Crippen MR) is 39.0 cm³/mol. The van der Waals surface area contributed by atoms with Crippen LogP contribution in [-0.2, 0) is 9.63 Å². The van der Waals surface area contributed by atoms with E-state index in [1.807, 2.05) is 0 Å². The molecule has 1 atom stereocenters. The molecular weight excluding hydrogens is 166 g/mol. The van der Waals surface area contributed by atoms with Gasteiger partial charge in [0.15, 0.2) is 0 Å². The molecule has 0 spiro atoms. The van der Waals surface area contributed by atoms with Crippen LogP contribution in [0.25, 0.3) is 0 Å². The summed E-state index contributed by atoms with van der Waals surface area (Å²) in [5, 5.41) is 17.2. The van der Waals surface area contributed by atoms with E-state index in [4.69, 9.17) is 5.11 Å². The van der Waals surface area contributed by atoms with Gasteiger partial charge in [0.25, 0.3) is 5.09 Å². The largest absolute Gasteiger partial charge is 0.480 e. The van der Waals surface area contributed by atoms with Gasteiger partial charge in [0.2, 0.25) is 6.10 Å². The molecule has 0 aromatic carbocycles. The van der Waals surface area contributed by atoms with E-state index < -0.39 is 17.2 Å². The minimum atomic E-state index is -1.35. The maximum Gasteiger partial charge on any atom is 0.332 e. The Labute approximate surface area is 69.2 Å². The van der Waals surface area contributed by atoms with Gasteiger partial charge in [-0.2, -0.15) is 0 Å². The quantitative estimate of drug-likeness (QED) is 0.493. The molecule has 0 aliphatic heterocycles. The van der Waals surface area contributed by atoms with Crippen LogP contribution in [0, 0.1) is 16.0 Å². The molecule has 12 heavy (non-hydrogen) atoms. The normalized spacial score (nSPS) is 12.6. The Balaban J connectivity index is 4.04. The number of nitrogens with zero attached hydrogens (tertiary/aromatic N) is 1. The molecule has 0 saturated carbocycles. The van der Waals surface area contributed by atoms with Crippen molar-refractivity contribution in [2.24, 2.45) is 5.92 Å². The maximum absolute atomic E-state index is 10.3. The maximum atomic E-state index is 10.3. The Morgan fingerprint density at radius 3 is 2.42 bits per heavy atom. The summed E-state index contributed by atoms with van der Waals surface area (Å²) in [7, 11) is 0. The van der Waals surface area contributed by atoms with E-state index >= 15 is 0 Å². The van der Waals surface area contributed by atoms with Crippen LogP contribution >= 0.6 is 0 Å². The molecule has 0 amide bonds. The number of carbonyl (C=O) groups is 1. The fourth-order valence-electron chi connectivity index (χ4n) is 0.721. The standard InChI is InChI=1S/C6H11NO5/c1-4(2)3-5(6(8)9)12-7(10)11/h4-5H,3H2,1-2H3,(H,8,9). The second-order valence-corrected chi connectivity index (χ2v) is 2.79. The van der Waals surface area contributed by atoms with E-state index in [-0.39, 0.29) is 12.3 Å². The van der Waals surface area contributed by atoms with Crippen molar-refractivity contribution in [1.82, 2.24) is 0 Å². The van der Waals surface area contributed by atoms with Gasteiger partial charge in [-0.1, -0.05) is 13.8 Å². The van der Waals surface area contributed by atoms with E-state index in [9.17, 15) is 14.9 Å². The Morgan fingerprint density at radius 2 is 2.17 bits per heavy atom. The van der Waals surface area contributed by atoms with Crippen LogP contribution in [0.1, 0.15) is 20.3 Å². The highest BCUT2D eigenvalue weighted by Gasteiger charge is 2.22. The number of carboxylic acids is 1. The lowest BCUT2D eigenvalue weighted by molar-refractivity contribution is -0.765. The zero-order chi connectivity index (χ0) is 9.72. The summed E-state index contributed by atoms with van der Waals surface area (Å²) in [6.45, 7) is 3.53. The molecule has 0 fully saturated rings. The van der Waals surface area contributed by atoms with Crippen LogP contribution in [0.5, 0.6) is 0 Å². The molecule has 0 bridgehead atoms. The predicted octanol–water partition coefficient (Wildman–Crippen LogP) is 0.694. The lowest BCUT2D eigenvalue weighted by atomic mass is 10.1. The summed E-state index contributed by atoms with van der Waals surface area (Å²) in [6.07, 6.45) is -1.21. The zero-order valence-corrected chi connectivity index (χ0v) is 6.89. The van der Waals surface area contributed by atoms with Gasteiger partial charge in [0.05, 0.1) is 0 Å². The number of hydrogen-bond acceptors (Lipinski definition) is 4. The first-order valence-corrected chi connectivity index (χ1v) is 3.47. The van der Waals surface area contributed by atoms with Crippen LogP contribution in [-0.4, -0.2) is 22.3 Å². The Morgan fingerprint density at radius 1 is 1.67 bits per heavy atom. The summed E-state index contributed by atoms with van der Waals surface area (Å²) in [5.41, 5.74) is 0. The van der Waals surface area contributed by atoms with Gasteiger partial charge in [0.1, 0.15) is 0 Å².